The van der Waals surface area contributed by atoms with Crippen LogP contribution in [-0.2, 0) is 14.4 Å². The number of hydrogen-bond donors (Lipinski definition) is 2. The maximum absolute atomic E-state index is 13.1. The number of hydroxylamine groups is 2. The number of rotatable bonds is 8. The molecule has 2 aromatic rings. The second kappa shape index (κ2) is 9.65. The highest BCUT2D eigenvalue weighted by atomic mass is 19.4. The van der Waals surface area contributed by atoms with Crippen LogP contribution >= 0.6 is 0 Å². The lowest BCUT2D eigenvalue weighted by Crippen LogP contribution is -2.53. The van der Waals surface area contributed by atoms with Gasteiger partial charge in [-0.25, -0.2) is 5.06 Å². The average molecular weight is 440 g/mol. The monoisotopic (exact) mass is 440 g/mol. The summed E-state index contributed by atoms with van der Waals surface area (Å²) in [5, 5.41) is 15.2. The smallest absolute Gasteiger partial charge is 0.381 e. The molecule has 0 radical (unpaired) electrons. The molecular formula is C22H27F3N2O4. The first-order valence-corrected chi connectivity index (χ1v) is 9.77. The zero-order chi connectivity index (χ0) is 23.4. The molecule has 170 valence electrons. The van der Waals surface area contributed by atoms with E-state index in [1.165, 1.54) is 20.8 Å². The number of amides is 2. The quantitative estimate of drug-likeness (QED) is 0.482. The van der Waals surface area contributed by atoms with Crippen LogP contribution in [0.1, 0.15) is 45.7 Å². The molecule has 6 nitrogen and oxygen atoms in total. The largest absolute Gasteiger partial charge is 0.391 e. The van der Waals surface area contributed by atoms with Gasteiger partial charge in [0.05, 0.1) is 18.1 Å². The molecule has 31 heavy (non-hydrogen) atoms. The summed E-state index contributed by atoms with van der Waals surface area (Å²) in [6.45, 7) is 6.24. The minimum Gasteiger partial charge on any atom is -0.381 e. The van der Waals surface area contributed by atoms with Crippen LogP contribution in [0.4, 0.5) is 13.2 Å². The minimum absolute atomic E-state index is 0.0327. The molecule has 0 aliphatic rings. The van der Waals surface area contributed by atoms with Crippen molar-refractivity contribution in [2.24, 2.45) is 0 Å². The zero-order valence-electron chi connectivity index (χ0n) is 17.8. The molecule has 0 saturated heterocycles. The molecule has 0 aliphatic heterocycles. The molecule has 3 atom stereocenters. The van der Waals surface area contributed by atoms with Crippen LogP contribution in [0.2, 0.25) is 0 Å². The fraction of sp³-hybridized carbons (Fsp3) is 0.455. The van der Waals surface area contributed by atoms with Crippen LogP contribution < -0.4 is 5.32 Å². The van der Waals surface area contributed by atoms with Crippen molar-refractivity contribution in [1.82, 2.24) is 10.4 Å². The standard InChI is InChI=1S/C22H27F3N2O4/c1-14(16-10-9-15-7-5-6-8-17(15)11-16)26-20(30)19(29)18(12-22(23,24)25)27(13-28)31-21(2,3)4/h5-11,13-14,18-19,29H,12H2,1-4H3,(H,26,30)/t14-,18?,19?/m0/s1. The van der Waals surface area contributed by atoms with Crippen molar-refractivity contribution in [2.45, 2.75) is 64.1 Å². The number of carbonyl (C=O) groups excluding carboxylic acids is 2. The molecule has 0 spiro atoms. The van der Waals surface area contributed by atoms with Crippen LogP contribution in [0.25, 0.3) is 10.8 Å². The Balaban J connectivity index is 2.20. The fourth-order valence-corrected chi connectivity index (χ4v) is 3.10. The summed E-state index contributed by atoms with van der Waals surface area (Å²) in [5.74, 6) is -1.04. The first kappa shape index (κ1) is 24.6. The maximum Gasteiger partial charge on any atom is 0.391 e. The third-order valence-electron chi connectivity index (χ3n) is 4.52. The van der Waals surface area contributed by atoms with Crippen molar-refractivity contribution in [1.29, 1.82) is 0 Å². The second-order valence-electron chi connectivity index (χ2n) is 8.34. The summed E-state index contributed by atoms with van der Waals surface area (Å²) in [5.41, 5.74) is -0.302. The van der Waals surface area contributed by atoms with Crippen LogP contribution in [0.5, 0.6) is 0 Å². The SMILES string of the molecule is C[C@H](NC(=O)C(O)C(CC(F)(F)F)N(C=O)OC(C)(C)C)c1ccc2ccccc2c1. The van der Waals surface area contributed by atoms with E-state index in [0.29, 0.717) is 10.6 Å². The Kier molecular flexibility index (Phi) is 7.67. The van der Waals surface area contributed by atoms with E-state index in [1.54, 1.807) is 13.0 Å². The third kappa shape index (κ3) is 7.22. The number of fused-ring (bicyclic) bond motifs is 1. The minimum atomic E-state index is -4.74. The van der Waals surface area contributed by atoms with Gasteiger partial charge in [0.15, 0.2) is 6.10 Å². The van der Waals surface area contributed by atoms with Crippen molar-refractivity contribution in [3.8, 4) is 0 Å². The highest BCUT2D eigenvalue weighted by molar-refractivity contribution is 5.84. The van der Waals surface area contributed by atoms with Crippen LogP contribution in [0.15, 0.2) is 42.5 Å². The molecule has 9 heteroatoms. The Labute approximate surface area is 178 Å². The molecule has 0 bridgehead atoms. The molecular weight excluding hydrogens is 413 g/mol. The highest BCUT2D eigenvalue weighted by Gasteiger charge is 2.42. The number of nitrogens with one attached hydrogen (secondary N) is 1. The molecule has 0 saturated carbocycles. The Morgan fingerprint density at radius 2 is 1.77 bits per heavy atom. The fourth-order valence-electron chi connectivity index (χ4n) is 3.10. The van der Waals surface area contributed by atoms with E-state index >= 15 is 0 Å². The van der Waals surface area contributed by atoms with Crippen molar-refractivity contribution in [2.75, 3.05) is 0 Å². The molecule has 2 unspecified atom stereocenters. The molecule has 2 rings (SSSR count). The van der Waals surface area contributed by atoms with E-state index in [4.69, 9.17) is 4.84 Å². The molecule has 0 heterocycles. The van der Waals surface area contributed by atoms with E-state index in [2.05, 4.69) is 5.32 Å². The summed E-state index contributed by atoms with van der Waals surface area (Å²) < 4.78 is 39.3. The molecule has 0 aliphatic carbocycles. The second-order valence-corrected chi connectivity index (χ2v) is 8.34. The van der Waals surface area contributed by atoms with Gasteiger partial charge in [0.25, 0.3) is 5.91 Å². The molecule has 0 fully saturated rings. The predicted molar refractivity (Wildman–Crippen MR) is 110 cm³/mol. The lowest BCUT2D eigenvalue weighted by molar-refractivity contribution is -0.257. The maximum atomic E-state index is 13.1. The predicted octanol–water partition coefficient (Wildman–Crippen LogP) is 3.89. The van der Waals surface area contributed by atoms with Gasteiger partial charge in [-0.3, -0.25) is 14.4 Å². The Bertz CT molecular complexity index is 911. The molecule has 2 aromatic carbocycles. The summed E-state index contributed by atoms with van der Waals surface area (Å²) in [6, 6.07) is 10.5. The van der Waals surface area contributed by atoms with Gasteiger partial charge in [0.2, 0.25) is 6.41 Å². The van der Waals surface area contributed by atoms with Crippen LogP contribution in [-0.4, -0.2) is 46.4 Å². The van der Waals surface area contributed by atoms with Crippen LogP contribution in [0.3, 0.4) is 0 Å². The van der Waals surface area contributed by atoms with E-state index in [9.17, 15) is 27.9 Å². The van der Waals surface area contributed by atoms with Crippen LogP contribution in [0, 0.1) is 0 Å². The topological polar surface area (TPSA) is 78.9 Å². The highest BCUT2D eigenvalue weighted by Crippen LogP contribution is 2.28. The van der Waals surface area contributed by atoms with E-state index < -0.39 is 42.3 Å². The van der Waals surface area contributed by atoms with Crippen molar-refractivity contribution in [3.63, 3.8) is 0 Å². The molecule has 0 aromatic heterocycles. The number of benzene rings is 2. The number of carbonyl (C=O) groups is 2. The Morgan fingerprint density at radius 3 is 2.32 bits per heavy atom. The van der Waals surface area contributed by atoms with E-state index in [-0.39, 0.29) is 6.41 Å². The number of aliphatic hydroxyl groups excluding tert-OH is 1. The summed E-state index contributed by atoms with van der Waals surface area (Å²) in [4.78, 5) is 29.2. The summed E-state index contributed by atoms with van der Waals surface area (Å²) >= 11 is 0. The Morgan fingerprint density at radius 1 is 1.16 bits per heavy atom. The van der Waals surface area contributed by atoms with Gasteiger partial charge >= 0.3 is 6.18 Å². The van der Waals surface area contributed by atoms with Crippen molar-refractivity contribution in [3.05, 3.63) is 48.0 Å². The lowest BCUT2D eigenvalue weighted by Gasteiger charge is -2.35. The van der Waals surface area contributed by atoms with Gasteiger partial charge in [-0.1, -0.05) is 36.4 Å². The van der Waals surface area contributed by atoms with Crippen molar-refractivity contribution < 1.29 is 32.7 Å². The van der Waals surface area contributed by atoms with E-state index in [0.717, 1.165) is 10.8 Å². The van der Waals surface area contributed by atoms with Gasteiger partial charge in [-0.2, -0.15) is 13.2 Å². The molecule has 2 amide bonds. The Hall–Kier alpha value is -2.65. The van der Waals surface area contributed by atoms with Gasteiger partial charge in [0.1, 0.15) is 6.04 Å². The average Bonchev–Trinajstić information content (AvgIpc) is 2.68. The van der Waals surface area contributed by atoms with Gasteiger partial charge in [-0.15, -0.1) is 0 Å². The summed E-state index contributed by atoms with van der Waals surface area (Å²) in [6.07, 6.45) is -8.47. The van der Waals surface area contributed by atoms with Gasteiger partial charge in [-0.05, 0) is 50.1 Å². The van der Waals surface area contributed by atoms with Gasteiger partial charge in [0, 0.05) is 0 Å². The number of nitrogens with zero attached hydrogens (tertiary/aromatic N) is 1. The van der Waals surface area contributed by atoms with Crippen molar-refractivity contribution >= 4 is 23.1 Å². The number of alkyl halides is 3. The number of hydrogen-bond acceptors (Lipinski definition) is 4. The molecule has 2 N–H and O–H groups in total. The van der Waals surface area contributed by atoms with E-state index in [1.807, 2.05) is 36.4 Å². The zero-order valence-corrected chi connectivity index (χ0v) is 17.8. The normalized spacial score (nSPS) is 15.2. The number of halogens is 3. The first-order valence-electron chi connectivity index (χ1n) is 9.77. The first-order chi connectivity index (χ1) is 14.3. The lowest BCUT2D eigenvalue weighted by atomic mass is 10.0. The van der Waals surface area contributed by atoms with Gasteiger partial charge < -0.3 is 10.4 Å². The number of aliphatic hydroxyl groups is 1. The summed E-state index contributed by atoms with van der Waals surface area (Å²) in [7, 11) is 0. The third-order valence-corrected chi connectivity index (χ3v) is 4.52.